The van der Waals surface area contributed by atoms with E-state index >= 15 is 0 Å². The lowest BCUT2D eigenvalue weighted by Gasteiger charge is -2.34. The number of benzene rings is 1. The van der Waals surface area contributed by atoms with Crippen LogP contribution in [0.5, 0.6) is 0 Å². The minimum atomic E-state index is -0.224. The van der Waals surface area contributed by atoms with Crippen LogP contribution in [0.2, 0.25) is 0 Å². The van der Waals surface area contributed by atoms with Crippen LogP contribution < -0.4 is 15.5 Å². The molecule has 2 aromatic rings. The summed E-state index contributed by atoms with van der Waals surface area (Å²) in [7, 11) is 1.67. The van der Waals surface area contributed by atoms with Crippen molar-refractivity contribution in [2.45, 2.75) is 26.3 Å². The molecule has 0 saturated carbocycles. The minimum Gasteiger partial charge on any atom is -0.356 e. The van der Waals surface area contributed by atoms with Crippen molar-refractivity contribution in [2.75, 3.05) is 44.7 Å². The number of amides is 1. The maximum absolute atomic E-state index is 13.8. The maximum atomic E-state index is 13.8. The molecule has 174 valence electrons. The molecule has 1 unspecified atom stereocenters. The van der Waals surface area contributed by atoms with Crippen molar-refractivity contribution in [3.05, 3.63) is 53.6 Å². The normalized spacial score (nSPS) is 15.1. The van der Waals surface area contributed by atoms with Crippen molar-refractivity contribution in [3.8, 4) is 0 Å². The number of carbonyl (C=O) groups excluding carboxylic acids is 1. The van der Waals surface area contributed by atoms with Gasteiger partial charge in [0.2, 0.25) is 11.9 Å². The van der Waals surface area contributed by atoms with Crippen molar-refractivity contribution >= 4 is 41.8 Å². The summed E-state index contributed by atoms with van der Waals surface area (Å²) in [6, 6.07) is 6.86. The quantitative estimate of drug-likeness (QED) is 0.324. The zero-order valence-electron chi connectivity index (χ0n) is 18.7. The van der Waals surface area contributed by atoms with Crippen molar-refractivity contribution in [1.82, 2.24) is 25.5 Å². The summed E-state index contributed by atoms with van der Waals surface area (Å²) in [6.45, 7) is 6.89. The van der Waals surface area contributed by atoms with Crippen molar-refractivity contribution in [3.63, 3.8) is 0 Å². The van der Waals surface area contributed by atoms with Gasteiger partial charge < -0.3 is 20.4 Å². The van der Waals surface area contributed by atoms with Gasteiger partial charge in [-0.05, 0) is 37.1 Å². The van der Waals surface area contributed by atoms with Gasteiger partial charge in [0.15, 0.2) is 5.96 Å². The van der Waals surface area contributed by atoms with Crippen LogP contribution in [0.25, 0.3) is 0 Å². The van der Waals surface area contributed by atoms with Gasteiger partial charge in [0.1, 0.15) is 5.82 Å². The average molecular weight is 555 g/mol. The first-order chi connectivity index (χ1) is 15.0. The van der Waals surface area contributed by atoms with Crippen LogP contribution >= 0.6 is 24.0 Å². The van der Waals surface area contributed by atoms with E-state index in [1.165, 1.54) is 6.07 Å². The van der Waals surface area contributed by atoms with Gasteiger partial charge in [-0.15, -0.1) is 24.0 Å². The molecule has 2 heterocycles. The summed E-state index contributed by atoms with van der Waals surface area (Å²) < 4.78 is 13.8. The van der Waals surface area contributed by atoms with Crippen LogP contribution in [0, 0.1) is 12.7 Å². The molecule has 1 fully saturated rings. The highest BCUT2D eigenvalue weighted by atomic mass is 127. The number of rotatable bonds is 6. The summed E-state index contributed by atoms with van der Waals surface area (Å²) in [5.74, 6) is 1.16. The predicted octanol–water partition coefficient (Wildman–Crippen LogP) is 2.51. The molecule has 0 aliphatic carbocycles. The van der Waals surface area contributed by atoms with Gasteiger partial charge in [-0.1, -0.05) is 12.1 Å². The minimum absolute atomic E-state index is 0. The van der Waals surface area contributed by atoms with Crippen molar-refractivity contribution in [1.29, 1.82) is 0 Å². The van der Waals surface area contributed by atoms with Gasteiger partial charge in [-0.2, -0.15) is 0 Å². The Balaban J connectivity index is 0.00000363. The van der Waals surface area contributed by atoms with E-state index < -0.39 is 0 Å². The zero-order chi connectivity index (χ0) is 22.2. The first-order valence-electron chi connectivity index (χ1n) is 10.5. The SMILES string of the molecule is CN=C(NCCC(=O)N1CCN(c2ncccn2)CC1)NC(C)c1ccc(C)c(F)c1.I. The molecular weight excluding hydrogens is 524 g/mol. The second kappa shape index (κ2) is 12.5. The number of hydrogen-bond acceptors (Lipinski definition) is 5. The number of carbonyl (C=O) groups is 1. The van der Waals surface area contributed by atoms with Gasteiger partial charge >= 0.3 is 0 Å². The van der Waals surface area contributed by atoms with Gasteiger partial charge in [0, 0.05) is 58.6 Å². The Kier molecular flexibility index (Phi) is 10.1. The molecular formula is C22H31FIN7O. The van der Waals surface area contributed by atoms with E-state index in [0.29, 0.717) is 43.5 Å². The lowest BCUT2D eigenvalue weighted by Crippen LogP contribution is -2.50. The van der Waals surface area contributed by atoms with E-state index in [9.17, 15) is 9.18 Å². The van der Waals surface area contributed by atoms with Gasteiger partial charge in [-0.25, -0.2) is 14.4 Å². The molecule has 1 aliphatic rings. The average Bonchev–Trinajstić information content (AvgIpc) is 2.80. The van der Waals surface area contributed by atoms with Crippen LogP contribution in [0.3, 0.4) is 0 Å². The molecule has 0 bridgehead atoms. The molecule has 1 aliphatic heterocycles. The molecule has 10 heteroatoms. The summed E-state index contributed by atoms with van der Waals surface area (Å²) >= 11 is 0. The Bertz CT molecular complexity index is 904. The number of hydrogen-bond donors (Lipinski definition) is 2. The Hall–Kier alpha value is -2.50. The standard InChI is InChI=1S/C22H30FN7O.HI/c1-16-5-6-18(15-19(16)23)17(2)28-21(24-3)25-10-7-20(31)29-11-13-30(14-12-29)22-26-8-4-9-27-22;/h4-6,8-9,15,17H,7,10-14H2,1-3H3,(H2,24,25,28);1H. The molecule has 1 aromatic heterocycles. The number of halogens is 2. The molecule has 1 saturated heterocycles. The van der Waals surface area contributed by atoms with Crippen LogP contribution in [-0.2, 0) is 4.79 Å². The Morgan fingerprint density at radius 1 is 1.22 bits per heavy atom. The van der Waals surface area contributed by atoms with E-state index in [4.69, 9.17) is 0 Å². The summed E-state index contributed by atoms with van der Waals surface area (Å²) in [6.07, 6.45) is 3.82. The highest BCUT2D eigenvalue weighted by molar-refractivity contribution is 14.0. The van der Waals surface area contributed by atoms with Gasteiger partial charge in [0.05, 0.1) is 6.04 Å². The number of guanidine groups is 1. The molecule has 1 atom stereocenters. The van der Waals surface area contributed by atoms with Gasteiger partial charge in [-0.3, -0.25) is 9.79 Å². The Morgan fingerprint density at radius 2 is 1.91 bits per heavy atom. The summed E-state index contributed by atoms with van der Waals surface area (Å²) in [5.41, 5.74) is 1.46. The molecule has 2 N–H and O–H groups in total. The van der Waals surface area contributed by atoms with E-state index in [2.05, 4.69) is 30.5 Å². The lowest BCUT2D eigenvalue weighted by atomic mass is 10.1. The maximum Gasteiger partial charge on any atom is 0.225 e. The van der Waals surface area contributed by atoms with E-state index in [0.717, 1.165) is 18.7 Å². The third-order valence-electron chi connectivity index (χ3n) is 5.37. The summed E-state index contributed by atoms with van der Waals surface area (Å²) in [4.78, 5) is 29.2. The number of aliphatic imine (C=N–C) groups is 1. The third kappa shape index (κ3) is 7.01. The number of piperazine rings is 1. The van der Waals surface area contributed by atoms with E-state index in [1.807, 2.05) is 17.9 Å². The number of anilines is 1. The zero-order valence-corrected chi connectivity index (χ0v) is 21.0. The first-order valence-corrected chi connectivity index (χ1v) is 10.5. The topological polar surface area (TPSA) is 85.8 Å². The molecule has 1 amide bonds. The molecule has 8 nitrogen and oxygen atoms in total. The predicted molar refractivity (Wildman–Crippen MR) is 135 cm³/mol. The molecule has 0 radical (unpaired) electrons. The number of nitrogens with one attached hydrogen (secondary N) is 2. The van der Waals surface area contributed by atoms with E-state index in [-0.39, 0.29) is 41.7 Å². The monoisotopic (exact) mass is 555 g/mol. The fourth-order valence-corrected chi connectivity index (χ4v) is 3.42. The van der Waals surface area contributed by atoms with Crippen LogP contribution in [-0.4, -0.2) is 66.5 Å². The number of nitrogens with zero attached hydrogens (tertiary/aromatic N) is 5. The van der Waals surface area contributed by atoms with Crippen molar-refractivity contribution < 1.29 is 9.18 Å². The second-order valence-corrected chi connectivity index (χ2v) is 7.54. The summed E-state index contributed by atoms with van der Waals surface area (Å²) in [5, 5.41) is 6.40. The second-order valence-electron chi connectivity index (χ2n) is 7.54. The van der Waals surface area contributed by atoms with Crippen LogP contribution in [0.15, 0.2) is 41.7 Å². The fourth-order valence-electron chi connectivity index (χ4n) is 3.42. The van der Waals surface area contributed by atoms with Crippen LogP contribution in [0.4, 0.5) is 10.3 Å². The number of aryl methyl sites for hydroxylation is 1. The first kappa shape index (κ1) is 25.8. The molecule has 1 aromatic carbocycles. The van der Waals surface area contributed by atoms with Crippen LogP contribution in [0.1, 0.15) is 30.5 Å². The van der Waals surface area contributed by atoms with Crippen molar-refractivity contribution in [2.24, 2.45) is 4.99 Å². The lowest BCUT2D eigenvalue weighted by molar-refractivity contribution is -0.131. The smallest absolute Gasteiger partial charge is 0.225 e. The van der Waals surface area contributed by atoms with Gasteiger partial charge in [0.25, 0.3) is 0 Å². The largest absolute Gasteiger partial charge is 0.356 e. The highest BCUT2D eigenvalue weighted by Gasteiger charge is 2.22. The Morgan fingerprint density at radius 3 is 2.53 bits per heavy atom. The Labute approximate surface area is 205 Å². The number of aromatic nitrogens is 2. The fraction of sp³-hybridized carbons (Fsp3) is 0.455. The molecule has 0 spiro atoms. The van der Waals surface area contributed by atoms with E-state index in [1.54, 1.807) is 38.5 Å². The molecule has 32 heavy (non-hydrogen) atoms. The highest BCUT2D eigenvalue weighted by Crippen LogP contribution is 2.16. The molecule has 3 rings (SSSR count). The third-order valence-corrected chi connectivity index (χ3v) is 5.37.